The van der Waals surface area contributed by atoms with Gasteiger partial charge in [0.15, 0.2) is 0 Å². The summed E-state index contributed by atoms with van der Waals surface area (Å²) in [5.41, 5.74) is 2.15. The smallest absolute Gasteiger partial charge is 0.241 e. The minimum absolute atomic E-state index is 0.0783. The van der Waals surface area contributed by atoms with Crippen LogP contribution in [0.15, 0.2) is 41.4 Å². The second-order valence-electron chi connectivity index (χ2n) is 6.23. The van der Waals surface area contributed by atoms with Gasteiger partial charge < -0.3 is 9.26 Å². The Kier molecular flexibility index (Phi) is 4.53. The lowest BCUT2D eigenvalue weighted by Gasteiger charge is -2.31. The van der Waals surface area contributed by atoms with Crippen LogP contribution in [0.25, 0.3) is 11.4 Å². The SMILES string of the molecule is Cc1cccc(-c2noc(CN3CCOC(Cn4cncn4)C3)n2)c1. The maximum Gasteiger partial charge on any atom is 0.241 e. The number of hydrogen-bond donors (Lipinski definition) is 0. The molecule has 3 heterocycles. The maximum absolute atomic E-state index is 5.81. The van der Waals surface area contributed by atoms with E-state index >= 15 is 0 Å². The first-order chi connectivity index (χ1) is 12.3. The summed E-state index contributed by atoms with van der Waals surface area (Å²) >= 11 is 0. The number of nitrogens with zero attached hydrogens (tertiary/aromatic N) is 6. The summed E-state index contributed by atoms with van der Waals surface area (Å²) in [5.74, 6) is 1.25. The normalized spacial score (nSPS) is 18.5. The van der Waals surface area contributed by atoms with Crippen molar-refractivity contribution < 1.29 is 9.26 Å². The quantitative estimate of drug-likeness (QED) is 0.697. The predicted molar refractivity (Wildman–Crippen MR) is 89.5 cm³/mol. The van der Waals surface area contributed by atoms with Crippen LogP contribution < -0.4 is 0 Å². The van der Waals surface area contributed by atoms with E-state index in [-0.39, 0.29) is 6.10 Å². The van der Waals surface area contributed by atoms with Gasteiger partial charge in [0, 0.05) is 18.7 Å². The molecule has 2 aromatic heterocycles. The Morgan fingerprint density at radius 1 is 1.32 bits per heavy atom. The second kappa shape index (κ2) is 7.12. The van der Waals surface area contributed by atoms with E-state index < -0.39 is 0 Å². The average Bonchev–Trinajstić information content (AvgIpc) is 3.27. The minimum atomic E-state index is 0.0783. The summed E-state index contributed by atoms with van der Waals surface area (Å²) in [7, 11) is 0. The standard InChI is InChI=1S/C17H20N6O2/c1-13-3-2-4-14(7-13)17-20-16(25-21-17)10-22-5-6-24-15(8-22)9-23-12-18-11-19-23/h2-4,7,11-12,15H,5-6,8-10H2,1H3. The Morgan fingerprint density at radius 3 is 3.12 bits per heavy atom. The highest BCUT2D eigenvalue weighted by molar-refractivity contribution is 5.55. The number of morpholine rings is 1. The predicted octanol–water partition coefficient (Wildman–Crippen LogP) is 1.54. The van der Waals surface area contributed by atoms with Crippen LogP contribution in [0.2, 0.25) is 0 Å². The number of ether oxygens (including phenoxy) is 1. The Hall–Kier alpha value is -2.58. The summed E-state index contributed by atoms with van der Waals surface area (Å²) in [6, 6.07) is 8.09. The number of rotatable bonds is 5. The summed E-state index contributed by atoms with van der Waals surface area (Å²) in [5, 5.41) is 8.24. The third kappa shape index (κ3) is 3.92. The van der Waals surface area contributed by atoms with Crippen molar-refractivity contribution in [1.29, 1.82) is 0 Å². The molecule has 0 radical (unpaired) electrons. The summed E-state index contributed by atoms with van der Waals surface area (Å²) in [6.07, 6.45) is 3.31. The van der Waals surface area contributed by atoms with Crippen LogP contribution in [0.3, 0.4) is 0 Å². The molecule has 130 valence electrons. The molecular formula is C17H20N6O2. The van der Waals surface area contributed by atoms with Crippen molar-refractivity contribution in [3.63, 3.8) is 0 Å². The fourth-order valence-corrected chi connectivity index (χ4v) is 2.98. The topological polar surface area (TPSA) is 82.1 Å². The zero-order valence-corrected chi connectivity index (χ0v) is 14.1. The fourth-order valence-electron chi connectivity index (χ4n) is 2.98. The molecule has 1 aliphatic rings. The van der Waals surface area contributed by atoms with Crippen LogP contribution in [0.1, 0.15) is 11.5 Å². The van der Waals surface area contributed by atoms with Crippen molar-refractivity contribution in [2.45, 2.75) is 26.1 Å². The molecule has 0 saturated carbocycles. The molecule has 25 heavy (non-hydrogen) atoms. The summed E-state index contributed by atoms with van der Waals surface area (Å²) in [6.45, 7) is 5.68. The molecule has 0 N–H and O–H groups in total. The highest BCUT2D eigenvalue weighted by Crippen LogP contribution is 2.18. The highest BCUT2D eigenvalue weighted by atomic mass is 16.5. The van der Waals surface area contributed by atoms with Gasteiger partial charge in [-0.05, 0) is 13.0 Å². The summed E-state index contributed by atoms with van der Waals surface area (Å²) < 4.78 is 13.0. The summed E-state index contributed by atoms with van der Waals surface area (Å²) in [4.78, 5) is 10.8. The van der Waals surface area contributed by atoms with E-state index in [0.29, 0.717) is 31.4 Å². The zero-order valence-electron chi connectivity index (χ0n) is 14.1. The van der Waals surface area contributed by atoms with Gasteiger partial charge in [0.25, 0.3) is 0 Å². The van der Waals surface area contributed by atoms with Gasteiger partial charge in [-0.25, -0.2) is 4.98 Å². The molecule has 1 atom stereocenters. The first-order valence-electron chi connectivity index (χ1n) is 8.32. The molecule has 1 unspecified atom stereocenters. The Balaban J connectivity index is 1.38. The van der Waals surface area contributed by atoms with Gasteiger partial charge in [0.1, 0.15) is 12.7 Å². The fraction of sp³-hybridized carbons (Fsp3) is 0.412. The van der Waals surface area contributed by atoms with Gasteiger partial charge in [0.2, 0.25) is 11.7 Å². The van der Waals surface area contributed by atoms with E-state index in [4.69, 9.17) is 9.26 Å². The number of aromatic nitrogens is 5. The second-order valence-corrected chi connectivity index (χ2v) is 6.23. The molecule has 0 amide bonds. The van der Waals surface area contributed by atoms with Crippen molar-refractivity contribution in [3.8, 4) is 11.4 Å². The van der Waals surface area contributed by atoms with E-state index in [1.807, 2.05) is 25.1 Å². The average molecular weight is 340 g/mol. The lowest BCUT2D eigenvalue weighted by molar-refractivity contribution is -0.0426. The molecule has 1 aromatic carbocycles. The van der Waals surface area contributed by atoms with Crippen molar-refractivity contribution in [3.05, 3.63) is 48.4 Å². The highest BCUT2D eigenvalue weighted by Gasteiger charge is 2.23. The lowest BCUT2D eigenvalue weighted by Crippen LogP contribution is -2.43. The maximum atomic E-state index is 5.81. The van der Waals surface area contributed by atoms with Crippen molar-refractivity contribution in [2.24, 2.45) is 0 Å². The number of hydrogen-bond acceptors (Lipinski definition) is 7. The Labute approximate surface area is 145 Å². The lowest BCUT2D eigenvalue weighted by atomic mass is 10.1. The minimum Gasteiger partial charge on any atom is -0.374 e. The molecule has 0 bridgehead atoms. The number of aryl methyl sites for hydroxylation is 1. The van der Waals surface area contributed by atoms with E-state index in [9.17, 15) is 0 Å². The van der Waals surface area contributed by atoms with Crippen molar-refractivity contribution in [2.75, 3.05) is 19.7 Å². The van der Waals surface area contributed by atoms with Crippen molar-refractivity contribution >= 4 is 0 Å². The zero-order chi connectivity index (χ0) is 17.1. The van der Waals surface area contributed by atoms with Gasteiger partial charge in [-0.15, -0.1) is 0 Å². The van der Waals surface area contributed by atoms with Gasteiger partial charge in [-0.3, -0.25) is 9.58 Å². The first-order valence-corrected chi connectivity index (χ1v) is 8.32. The van der Waals surface area contributed by atoms with Crippen LogP contribution in [0.4, 0.5) is 0 Å². The molecule has 0 spiro atoms. The largest absolute Gasteiger partial charge is 0.374 e. The Morgan fingerprint density at radius 2 is 2.28 bits per heavy atom. The van der Waals surface area contributed by atoms with Crippen molar-refractivity contribution in [1.82, 2.24) is 29.8 Å². The van der Waals surface area contributed by atoms with Crippen LogP contribution in [0.5, 0.6) is 0 Å². The molecule has 1 fully saturated rings. The molecule has 1 saturated heterocycles. The van der Waals surface area contributed by atoms with Crippen LogP contribution in [-0.2, 0) is 17.8 Å². The molecular weight excluding hydrogens is 320 g/mol. The van der Waals surface area contributed by atoms with E-state index in [2.05, 4.69) is 31.2 Å². The van der Waals surface area contributed by atoms with E-state index in [1.54, 1.807) is 11.0 Å². The van der Waals surface area contributed by atoms with E-state index in [1.165, 1.54) is 11.9 Å². The molecule has 1 aliphatic heterocycles. The van der Waals surface area contributed by atoms with E-state index in [0.717, 1.165) is 18.7 Å². The van der Waals surface area contributed by atoms with Crippen LogP contribution in [-0.4, -0.2) is 55.6 Å². The van der Waals surface area contributed by atoms with Crippen LogP contribution >= 0.6 is 0 Å². The molecule has 3 aromatic rings. The molecule has 0 aliphatic carbocycles. The van der Waals surface area contributed by atoms with Crippen LogP contribution in [0, 0.1) is 6.92 Å². The Bertz CT molecular complexity index is 816. The monoisotopic (exact) mass is 340 g/mol. The molecule has 4 rings (SSSR count). The van der Waals surface area contributed by atoms with Gasteiger partial charge in [0.05, 0.1) is 25.8 Å². The van der Waals surface area contributed by atoms with Gasteiger partial charge in [-0.2, -0.15) is 10.1 Å². The van der Waals surface area contributed by atoms with Gasteiger partial charge in [-0.1, -0.05) is 28.9 Å². The number of benzene rings is 1. The third-order valence-corrected chi connectivity index (χ3v) is 4.18. The molecule has 8 heteroatoms. The molecule has 8 nitrogen and oxygen atoms in total. The van der Waals surface area contributed by atoms with Gasteiger partial charge >= 0.3 is 0 Å². The third-order valence-electron chi connectivity index (χ3n) is 4.18. The first kappa shape index (κ1) is 15.9.